The summed E-state index contributed by atoms with van der Waals surface area (Å²) in [5.74, 6) is 0.698. The fraction of sp³-hybridized carbons (Fsp3) is 0.160. The number of para-hydroxylation sites is 1. The first kappa shape index (κ1) is 21.8. The maximum atomic E-state index is 13.1. The highest BCUT2D eigenvalue weighted by Crippen LogP contribution is 2.26. The fourth-order valence-electron chi connectivity index (χ4n) is 3.98. The monoisotopic (exact) mass is 473 g/mol. The van der Waals surface area contributed by atoms with Gasteiger partial charge in [-0.2, -0.15) is 0 Å². The van der Waals surface area contributed by atoms with Crippen LogP contribution in [0.4, 0.5) is 11.5 Å². The molecule has 0 saturated carbocycles. The number of benzene rings is 2. The molecule has 0 spiro atoms. The molecule has 5 rings (SSSR count). The minimum atomic E-state index is -3.86. The van der Waals surface area contributed by atoms with Crippen molar-refractivity contribution in [2.24, 2.45) is 0 Å². The van der Waals surface area contributed by atoms with E-state index in [-0.39, 0.29) is 16.8 Å². The maximum absolute atomic E-state index is 13.1. The van der Waals surface area contributed by atoms with Gasteiger partial charge in [-0.25, -0.2) is 13.4 Å². The molecule has 172 valence electrons. The second-order valence-electron chi connectivity index (χ2n) is 8.23. The predicted octanol–water partition coefficient (Wildman–Crippen LogP) is 3.68. The van der Waals surface area contributed by atoms with Crippen LogP contribution in [0.25, 0.3) is 10.9 Å². The van der Waals surface area contributed by atoms with E-state index in [1.165, 1.54) is 6.07 Å². The number of aryl methyl sites for hydroxylation is 1. The van der Waals surface area contributed by atoms with Crippen LogP contribution in [0.15, 0.2) is 84.0 Å². The summed E-state index contributed by atoms with van der Waals surface area (Å²) in [6.07, 6.45) is 3.29. The Labute approximate surface area is 197 Å². The summed E-state index contributed by atoms with van der Waals surface area (Å²) in [5.41, 5.74) is 2.01. The van der Waals surface area contributed by atoms with Gasteiger partial charge in [0, 0.05) is 36.4 Å². The number of carbonyl (C=O) groups excluding carboxylic acids is 1. The third-order valence-electron chi connectivity index (χ3n) is 5.79. The van der Waals surface area contributed by atoms with Crippen molar-refractivity contribution < 1.29 is 13.2 Å². The minimum Gasteiger partial charge on any atom is -0.364 e. The number of aromatic nitrogens is 2. The summed E-state index contributed by atoms with van der Waals surface area (Å²) in [7, 11) is -3.86. The lowest BCUT2D eigenvalue weighted by Gasteiger charge is -2.39. The Balaban J connectivity index is 1.28. The molecule has 2 aromatic heterocycles. The molecule has 9 heteroatoms. The highest BCUT2D eigenvalue weighted by atomic mass is 32.2. The van der Waals surface area contributed by atoms with Crippen LogP contribution in [-0.2, 0) is 10.0 Å². The van der Waals surface area contributed by atoms with Gasteiger partial charge < -0.3 is 10.2 Å². The van der Waals surface area contributed by atoms with E-state index < -0.39 is 10.0 Å². The molecule has 2 N–H and O–H groups in total. The third kappa shape index (κ3) is 4.29. The second-order valence-corrected chi connectivity index (χ2v) is 9.88. The summed E-state index contributed by atoms with van der Waals surface area (Å²) in [6, 6.07) is 19.4. The Hall–Kier alpha value is -3.98. The molecular weight excluding hydrogens is 450 g/mol. The number of likely N-dealkylation sites (tertiary alicyclic amines) is 1. The van der Waals surface area contributed by atoms with Crippen molar-refractivity contribution in [3.8, 4) is 0 Å². The molecule has 1 amide bonds. The third-order valence-corrected chi connectivity index (χ3v) is 7.19. The molecule has 0 radical (unpaired) electrons. The first-order valence-electron chi connectivity index (χ1n) is 10.8. The summed E-state index contributed by atoms with van der Waals surface area (Å²) in [4.78, 5) is 23.2. The van der Waals surface area contributed by atoms with Gasteiger partial charge in [0.1, 0.15) is 10.7 Å². The van der Waals surface area contributed by atoms with E-state index in [1.54, 1.807) is 54.5 Å². The van der Waals surface area contributed by atoms with Crippen LogP contribution < -0.4 is 10.0 Å². The van der Waals surface area contributed by atoms with Crippen molar-refractivity contribution in [1.82, 2.24) is 14.9 Å². The summed E-state index contributed by atoms with van der Waals surface area (Å²) in [6.45, 7) is 2.94. The number of hydrogen-bond donors (Lipinski definition) is 2. The molecule has 0 unspecified atom stereocenters. The van der Waals surface area contributed by atoms with E-state index in [1.807, 2.05) is 30.3 Å². The molecule has 4 aromatic rings. The Kier molecular flexibility index (Phi) is 5.62. The lowest BCUT2D eigenvalue weighted by Crippen LogP contribution is -2.57. The number of carbonyl (C=O) groups is 1. The lowest BCUT2D eigenvalue weighted by atomic mass is 10.0. The molecule has 0 atom stereocenters. The van der Waals surface area contributed by atoms with Crippen LogP contribution >= 0.6 is 0 Å². The van der Waals surface area contributed by atoms with Gasteiger partial charge in [0.25, 0.3) is 15.9 Å². The van der Waals surface area contributed by atoms with Crippen LogP contribution in [0.2, 0.25) is 0 Å². The van der Waals surface area contributed by atoms with Gasteiger partial charge in [-0.15, -0.1) is 0 Å². The molecular formula is C25H23N5O3S. The quantitative estimate of drug-likeness (QED) is 0.443. The van der Waals surface area contributed by atoms with E-state index in [0.717, 1.165) is 11.2 Å². The summed E-state index contributed by atoms with van der Waals surface area (Å²) in [5, 5.41) is 4.05. The molecule has 1 aliphatic heterocycles. The first-order chi connectivity index (χ1) is 16.4. The Morgan fingerprint density at radius 1 is 0.971 bits per heavy atom. The maximum Gasteiger partial charge on any atom is 0.264 e. The summed E-state index contributed by atoms with van der Waals surface area (Å²) < 4.78 is 28.8. The minimum absolute atomic E-state index is 0.0881. The molecule has 1 saturated heterocycles. The number of hydrogen-bond acceptors (Lipinski definition) is 6. The van der Waals surface area contributed by atoms with Gasteiger partial charge in [0.2, 0.25) is 0 Å². The van der Waals surface area contributed by atoms with Crippen molar-refractivity contribution in [2.75, 3.05) is 23.1 Å². The SMILES string of the molecule is Cc1cc(C(=O)N2CC(Nc3ccccn3)C2)ccc1NS(=O)(=O)c1cccc2cccnc12. The van der Waals surface area contributed by atoms with Crippen molar-refractivity contribution in [3.63, 3.8) is 0 Å². The van der Waals surface area contributed by atoms with Crippen LogP contribution in [0.3, 0.4) is 0 Å². The Morgan fingerprint density at radius 3 is 2.53 bits per heavy atom. The zero-order chi connectivity index (χ0) is 23.7. The molecule has 0 aliphatic carbocycles. The van der Waals surface area contributed by atoms with Gasteiger partial charge in [-0.05, 0) is 55.0 Å². The lowest BCUT2D eigenvalue weighted by molar-refractivity contribution is 0.0625. The average molecular weight is 474 g/mol. The van der Waals surface area contributed by atoms with Crippen molar-refractivity contribution >= 4 is 38.3 Å². The van der Waals surface area contributed by atoms with E-state index in [4.69, 9.17) is 0 Å². The van der Waals surface area contributed by atoms with Gasteiger partial charge in [0.15, 0.2) is 0 Å². The highest BCUT2D eigenvalue weighted by Gasteiger charge is 2.31. The number of rotatable bonds is 6. The van der Waals surface area contributed by atoms with Gasteiger partial charge >= 0.3 is 0 Å². The summed E-state index contributed by atoms with van der Waals surface area (Å²) >= 11 is 0. The van der Waals surface area contributed by atoms with Crippen molar-refractivity contribution in [2.45, 2.75) is 17.9 Å². The van der Waals surface area contributed by atoms with Crippen LogP contribution in [0.1, 0.15) is 15.9 Å². The van der Waals surface area contributed by atoms with E-state index >= 15 is 0 Å². The molecule has 8 nitrogen and oxygen atoms in total. The van der Waals surface area contributed by atoms with Crippen LogP contribution in [0, 0.1) is 6.92 Å². The fourth-order valence-corrected chi connectivity index (χ4v) is 5.29. The topological polar surface area (TPSA) is 104 Å². The molecule has 0 bridgehead atoms. The molecule has 1 aliphatic rings. The van der Waals surface area contributed by atoms with E-state index in [0.29, 0.717) is 35.4 Å². The van der Waals surface area contributed by atoms with E-state index in [9.17, 15) is 13.2 Å². The van der Waals surface area contributed by atoms with Crippen LogP contribution in [0.5, 0.6) is 0 Å². The standard InChI is InChI=1S/C25H23N5O3S/c1-17-14-19(25(31)30-15-20(16-30)28-23-9-2-3-12-26-23)10-11-21(17)29-34(32,33)22-8-4-6-18-7-5-13-27-24(18)22/h2-14,20,29H,15-16H2,1H3,(H,26,28). The van der Waals surface area contributed by atoms with Crippen molar-refractivity contribution in [3.05, 3.63) is 90.3 Å². The Morgan fingerprint density at radius 2 is 1.76 bits per heavy atom. The molecule has 1 fully saturated rings. The zero-order valence-electron chi connectivity index (χ0n) is 18.5. The molecule has 3 heterocycles. The predicted molar refractivity (Wildman–Crippen MR) is 131 cm³/mol. The second kappa shape index (κ2) is 8.75. The van der Waals surface area contributed by atoms with E-state index in [2.05, 4.69) is 20.0 Å². The normalized spacial score (nSPS) is 14.0. The van der Waals surface area contributed by atoms with Gasteiger partial charge in [-0.3, -0.25) is 14.5 Å². The smallest absolute Gasteiger partial charge is 0.264 e. The number of amides is 1. The van der Waals surface area contributed by atoms with Crippen molar-refractivity contribution in [1.29, 1.82) is 0 Å². The number of anilines is 2. The number of pyridine rings is 2. The Bertz CT molecular complexity index is 1460. The van der Waals surface area contributed by atoms with Gasteiger partial charge in [-0.1, -0.05) is 24.3 Å². The number of sulfonamides is 1. The molecule has 2 aromatic carbocycles. The van der Waals surface area contributed by atoms with Crippen LogP contribution in [-0.4, -0.2) is 48.3 Å². The number of fused-ring (bicyclic) bond motifs is 1. The highest BCUT2D eigenvalue weighted by molar-refractivity contribution is 7.93. The molecule has 34 heavy (non-hydrogen) atoms. The first-order valence-corrected chi connectivity index (χ1v) is 12.3. The largest absolute Gasteiger partial charge is 0.364 e. The number of nitrogens with zero attached hydrogens (tertiary/aromatic N) is 3. The number of nitrogens with one attached hydrogen (secondary N) is 2. The zero-order valence-corrected chi connectivity index (χ0v) is 19.3. The average Bonchev–Trinajstić information content (AvgIpc) is 2.82. The van der Waals surface area contributed by atoms with Gasteiger partial charge in [0.05, 0.1) is 17.2 Å².